The van der Waals surface area contributed by atoms with Crippen molar-refractivity contribution in [1.82, 2.24) is 4.90 Å². The molecule has 4 nitrogen and oxygen atoms in total. The Bertz CT molecular complexity index is 216. The Balaban J connectivity index is 2.61. The van der Waals surface area contributed by atoms with Gasteiger partial charge >= 0.3 is 0 Å². The molecule has 0 saturated carbocycles. The van der Waals surface area contributed by atoms with Crippen LogP contribution >= 0.6 is 0 Å². The van der Waals surface area contributed by atoms with E-state index in [1.165, 1.54) is 0 Å². The van der Waals surface area contributed by atoms with Crippen LogP contribution in [0.2, 0.25) is 0 Å². The first-order valence-electron chi connectivity index (χ1n) is 5.10. The van der Waals surface area contributed by atoms with Gasteiger partial charge in [-0.1, -0.05) is 0 Å². The summed E-state index contributed by atoms with van der Waals surface area (Å²) in [5, 5.41) is 0. The Labute approximate surface area is 85.4 Å². The van der Waals surface area contributed by atoms with E-state index in [2.05, 4.69) is 0 Å². The Morgan fingerprint density at radius 3 is 2.86 bits per heavy atom. The first-order valence-corrected chi connectivity index (χ1v) is 5.10. The lowest BCUT2D eigenvalue weighted by atomic mass is 10.0. The zero-order valence-electron chi connectivity index (χ0n) is 9.25. The Morgan fingerprint density at radius 2 is 2.29 bits per heavy atom. The van der Waals surface area contributed by atoms with Crippen molar-refractivity contribution in [3.8, 4) is 0 Å². The van der Waals surface area contributed by atoms with Crippen LogP contribution < -0.4 is 5.73 Å². The topological polar surface area (TPSA) is 55.6 Å². The molecule has 0 radical (unpaired) electrons. The molecule has 1 saturated heterocycles. The number of nitrogens with two attached hydrogens (primary N) is 1. The predicted molar refractivity (Wildman–Crippen MR) is 54.9 cm³/mol. The molecule has 1 amide bonds. The number of amides is 1. The lowest BCUT2D eigenvalue weighted by Gasteiger charge is -2.42. The second-order valence-electron chi connectivity index (χ2n) is 4.48. The van der Waals surface area contributed by atoms with Crippen LogP contribution in [0.25, 0.3) is 0 Å². The predicted octanol–water partition coefficient (Wildman–Crippen LogP) is 0.361. The van der Waals surface area contributed by atoms with Crippen molar-refractivity contribution < 1.29 is 9.53 Å². The highest BCUT2D eigenvalue weighted by molar-refractivity contribution is 5.76. The Kier molecular flexibility index (Phi) is 3.50. The van der Waals surface area contributed by atoms with E-state index in [-0.39, 0.29) is 17.6 Å². The van der Waals surface area contributed by atoms with Gasteiger partial charge in [0, 0.05) is 19.5 Å². The van der Waals surface area contributed by atoms with Crippen LogP contribution in [0, 0.1) is 0 Å². The molecule has 82 valence electrons. The van der Waals surface area contributed by atoms with Gasteiger partial charge in [0.25, 0.3) is 0 Å². The average Bonchev–Trinajstić information content (AvgIpc) is 2.10. The molecule has 4 heteroatoms. The van der Waals surface area contributed by atoms with Gasteiger partial charge in [-0.3, -0.25) is 4.79 Å². The maximum atomic E-state index is 11.7. The summed E-state index contributed by atoms with van der Waals surface area (Å²) in [6, 6.07) is 0.169. The highest BCUT2D eigenvalue weighted by Gasteiger charge is 2.33. The van der Waals surface area contributed by atoms with Crippen LogP contribution in [0.1, 0.15) is 27.2 Å². The fourth-order valence-corrected chi connectivity index (χ4v) is 1.65. The molecule has 0 aromatic rings. The summed E-state index contributed by atoms with van der Waals surface area (Å²) < 4.78 is 5.61. The van der Waals surface area contributed by atoms with E-state index in [1.54, 1.807) is 0 Å². The monoisotopic (exact) mass is 200 g/mol. The molecule has 0 aromatic carbocycles. The maximum absolute atomic E-state index is 11.7. The van der Waals surface area contributed by atoms with Crippen LogP contribution in [0.3, 0.4) is 0 Å². The fraction of sp³-hybridized carbons (Fsp3) is 0.900. The first-order chi connectivity index (χ1) is 6.46. The summed E-state index contributed by atoms with van der Waals surface area (Å²) >= 11 is 0. The Hall–Kier alpha value is -0.610. The van der Waals surface area contributed by atoms with Gasteiger partial charge < -0.3 is 15.4 Å². The third kappa shape index (κ3) is 2.69. The summed E-state index contributed by atoms with van der Waals surface area (Å²) in [5.41, 5.74) is 5.14. The van der Waals surface area contributed by atoms with Crippen LogP contribution in [0.15, 0.2) is 0 Å². The molecule has 14 heavy (non-hydrogen) atoms. The minimum Gasteiger partial charge on any atom is -0.372 e. The van der Waals surface area contributed by atoms with Gasteiger partial charge in [-0.25, -0.2) is 0 Å². The normalized spacial score (nSPS) is 26.3. The zero-order valence-corrected chi connectivity index (χ0v) is 9.25. The van der Waals surface area contributed by atoms with Crippen molar-refractivity contribution in [2.24, 2.45) is 5.73 Å². The molecule has 0 aromatic heterocycles. The standard InChI is InChI=1S/C10H20N2O2/c1-8-6-14-10(2,3)7-12(8)9(13)4-5-11/h8H,4-7,11H2,1-3H3. The van der Waals surface area contributed by atoms with Gasteiger partial charge in [0.1, 0.15) is 0 Å². The molecular formula is C10H20N2O2. The maximum Gasteiger partial charge on any atom is 0.224 e. The van der Waals surface area contributed by atoms with Crippen molar-refractivity contribution in [2.75, 3.05) is 19.7 Å². The van der Waals surface area contributed by atoms with Crippen LogP contribution in [0.5, 0.6) is 0 Å². The second-order valence-corrected chi connectivity index (χ2v) is 4.48. The number of rotatable bonds is 2. The molecule has 1 aliphatic rings. The van der Waals surface area contributed by atoms with Crippen molar-refractivity contribution in [2.45, 2.75) is 38.8 Å². The molecule has 1 aliphatic heterocycles. The molecule has 2 N–H and O–H groups in total. The summed E-state index contributed by atoms with van der Waals surface area (Å²) in [4.78, 5) is 13.6. The zero-order chi connectivity index (χ0) is 10.8. The number of carbonyl (C=O) groups is 1. The van der Waals surface area contributed by atoms with E-state index in [0.717, 1.165) is 0 Å². The largest absolute Gasteiger partial charge is 0.372 e. The summed E-state index contributed by atoms with van der Waals surface area (Å²) in [6.45, 7) is 7.70. The van der Waals surface area contributed by atoms with Crippen molar-refractivity contribution in [3.05, 3.63) is 0 Å². The SMILES string of the molecule is CC1COC(C)(C)CN1C(=O)CCN. The van der Waals surface area contributed by atoms with Gasteiger partial charge in [0.05, 0.1) is 18.2 Å². The third-order valence-corrected chi connectivity index (χ3v) is 2.48. The summed E-state index contributed by atoms with van der Waals surface area (Å²) in [7, 11) is 0. The van der Waals surface area contributed by atoms with Gasteiger partial charge in [-0.2, -0.15) is 0 Å². The molecule has 0 bridgehead atoms. The summed E-state index contributed by atoms with van der Waals surface area (Å²) in [5.74, 6) is 0.136. The molecule has 1 heterocycles. The average molecular weight is 200 g/mol. The number of nitrogens with zero attached hydrogens (tertiary/aromatic N) is 1. The number of ether oxygens (including phenoxy) is 1. The summed E-state index contributed by atoms with van der Waals surface area (Å²) in [6.07, 6.45) is 0.431. The number of hydrogen-bond donors (Lipinski definition) is 1. The van der Waals surface area contributed by atoms with Crippen LogP contribution in [0.4, 0.5) is 0 Å². The van der Waals surface area contributed by atoms with Crippen molar-refractivity contribution in [1.29, 1.82) is 0 Å². The van der Waals surface area contributed by atoms with Crippen molar-refractivity contribution >= 4 is 5.91 Å². The van der Waals surface area contributed by atoms with E-state index in [4.69, 9.17) is 10.5 Å². The highest BCUT2D eigenvalue weighted by Crippen LogP contribution is 2.20. The first kappa shape index (κ1) is 11.5. The minimum atomic E-state index is -0.225. The van der Waals surface area contributed by atoms with Gasteiger partial charge in [-0.05, 0) is 20.8 Å². The number of hydrogen-bond acceptors (Lipinski definition) is 3. The smallest absolute Gasteiger partial charge is 0.224 e. The van der Waals surface area contributed by atoms with Gasteiger partial charge in [0.15, 0.2) is 0 Å². The Morgan fingerprint density at radius 1 is 1.64 bits per heavy atom. The molecule has 0 aliphatic carbocycles. The lowest BCUT2D eigenvalue weighted by Crippen LogP contribution is -2.55. The van der Waals surface area contributed by atoms with Crippen LogP contribution in [-0.4, -0.2) is 42.1 Å². The van der Waals surface area contributed by atoms with E-state index >= 15 is 0 Å². The van der Waals surface area contributed by atoms with Crippen molar-refractivity contribution in [3.63, 3.8) is 0 Å². The second kappa shape index (κ2) is 4.28. The van der Waals surface area contributed by atoms with Crippen LogP contribution in [-0.2, 0) is 9.53 Å². The minimum absolute atomic E-state index is 0.136. The molecule has 0 spiro atoms. The quantitative estimate of drug-likeness (QED) is 0.700. The molecular weight excluding hydrogens is 180 g/mol. The highest BCUT2D eigenvalue weighted by atomic mass is 16.5. The number of carbonyl (C=O) groups excluding carboxylic acids is 1. The third-order valence-electron chi connectivity index (χ3n) is 2.48. The number of morpholine rings is 1. The fourth-order valence-electron chi connectivity index (χ4n) is 1.65. The molecule has 1 fully saturated rings. The van der Waals surface area contributed by atoms with E-state index in [9.17, 15) is 4.79 Å². The van der Waals surface area contributed by atoms with E-state index < -0.39 is 0 Å². The molecule has 1 atom stereocenters. The molecule has 1 unspecified atom stereocenters. The van der Waals surface area contributed by atoms with E-state index in [0.29, 0.717) is 26.1 Å². The van der Waals surface area contributed by atoms with Gasteiger partial charge in [-0.15, -0.1) is 0 Å². The lowest BCUT2D eigenvalue weighted by molar-refractivity contribution is -0.153. The van der Waals surface area contributed by atoms with E-state index in [1.807, 2.05) is 25.7 Å². The molecule has 1 rings (SSSR count). The van der Waals surface area contributed by atoms with Gasteiger partial charge in [0.2, 0.25) is 5.91 Å².